The predicted molar refractivity (Wildman–Crippen MR) is 118 cm³/mol. The number of Topliss-reactive ketones (excluding diaryl/α,β-unsaturated/α-hetero) is 1. The molecule has 0 aliphatic carbocycles. The Hall–Kier alpha value is -3.45. The maximum atomic E-state index is 13.3. The number of carbonyl (C=O) groups is 1. The summed E-state index contributed by atoms with van der Waals surface area (Å²) in [5.41, 5.74) is 3.16. The summed E-state index contributed by atoms with van der Waals surface area (Å²) in [7, 11) is 1.94. The lowest BCUT2D eigenvalue weighted by molar-refractivity contribution is -0.908. The first-order valence-corrected chi connectivity index (χ1v) is 10.4. The number of H-pyrrole nitrogens is 1. The minimum absolute atomic E-state index is 0.0689. The number of nitrogens with one attached hydrogen (secondary N) is 2. The van der Waals surface area contributed by atoms with E-state index in [1.54, 1.807) is 12.3 Å². The number of benzene rings is 1. The molecule has 3 aromatic heterocycles. The minimum Gasteiger partial charge on any atom is -0.467 e. The van der Waals surface area contributed by atoms with Crippen LogP contribution >= 0.6 is 0 Å². The lowest BCUT2D eigenvalue weighted by atomic mass is 10.0. The van der Waals surface area contributed by atoms with Crippen LogP contribution in [0.25, 0.3) is 10.9 Å². The van der Waals surface area contributed by atoms with Crippen LogP contribution in [-0.4, -0.2) is 33.4 Å². The number of aromatic amines is 1. The molecule has 4 rings (SSSR count). The third-order valence-electron chi connectivity index (χ3n) is 5.97. The number of hydrogen-bond acceptors (Lipinski definition) is 4. The fraction of sp³-hybridized carbons (Fsp3) is 0.292. The Morgan fingerprint density at radius 1 is 1.23 bits per heavy atom. The zero-order valence-corrected chi connectivity index (χ0v) is 18.2. The molecule has 0 aliphatic heterocycles. The van der Waals surface area contributed by atoms with E-state index in [9.17, 15) is 9.59 Å². The van der Waals surface area contributed by atoms with Crippen molar-refractivity contribution in [2.24, 2.45) is 0 Å². The van der Waals surface area contributed by atoms with Crippen LogP contribution < -0.4 is 10.5 Å². The number of aromatic nitrogens is 3. The monoisotopic (exact) mass is 419 g/mol. The average molecular weight is 420 g/mol. The quantitative estimate of drug-likeness (QED) is 0.450. The summed E-state index contributed by atoms with van der Waals surface area (Å²) >= 11 is 0. The average Bonchev–Trinajstić information content (AvgIpc) is 3.36. The zero-order chi connectivity index (χ0) is 22.1. The summed E-state index contributed by atoms with van der Waals surface area (Å²) in [6.45, 7) is 6.91. The number of aryl methyl sites for hydroxylation is 1. The molecule has 0 fully saturated rings. The molecule has 7 nitrogen and oxygen atoms in total. The second kappa shape index (κ2) is 8.35. The largest absolute Gasteiger partial charge is 0.467 e. The molecule has 4 aromatic rings. The number of quaternary nitrogens is 1. The predicted octanol–water partition coefficient (Wildman–Crippen LogP) is 2.27. The number of rotatable bonds is 7. The van der Waals surface area contributed by atoms with Gasteiger partial charge in [0.05, 0.1) is 30.8 Å². The van der Waals surface area contributed by atoms with Crippen molar-refractivity contribution < 1.29 is 14.1 Å². The first kappa shape index (κ1) is 20.8. The van der Waals surface area contributed by atoms with E-state index in [4.69, 9.17) is 4.42 Å². The van der Waals surface area contributed by atoms with Gasteiger partial charge in [0.2, 0.25) is 5.78 Å². The van der Waals surface area contributed by atoms with E-state index in [2.05, 4.69) is 14.5 Å². The molecular weight excluding hydrogens is 392 g/mol. The number of likely N-dealkylation sites (N-methyl/N-ethyl adjacent to an activating group) is 1. The van der Waals surface area contributed by atoms with Crippen molar-refractivity contribution in [1.29, 1.82) is 0 Å². The summed E-state index contributed by atoms with van der Waals surface area (Å²) < 4.78 is 7.56. The Morgan fingerprint density at radius 2 is 2.00 bits per heavy atom. The highest BCUT2D eigenvalue weighted by atomic mass is 16.3. The van der Waals surface area contributed by atoms with Crippen LogP contribution in [0.15, 0.2) is 57.9 Å². The normalized spacial score (nSPS) is 13.4. The Kier molecular flexibility index (Phi) is 5.61. The molecule has 2 atom stereocenters. The van der Waals surface area contributed by atoms with Gasteiger partial charge in [0.1, 0.15) is 18.3 Å². The number of ketones is 1. The van der Waals surface area contributed by atoms with Crippen LogP contribution in [0, 0.1) is 13.8 Å². The molecule has 0 spiro atoms. The number of nitrogens with zero attached hydrogens (tertiary/aromatic N) is 2. The Morgan fingerprint density at radius 3 is 2.74 bits per heavy atom. The number of carbonyl (C=O) groups excluding carboxylic acids is 1. The van der Waals surface area contributed by atoms with Gasteiger partial charge in [-0.2, -0.15) is 0 Å². The molecule has 160 valence electrons. The van der Waals surface area contributed by atoms with Crippen molar-refractivity contribution in [2.45, 2.75) is 39.9 Å². The lowest BCUT2D eigenvalue weighted by Gasteiger charge is -2.20. The fourth-order valence-electron chi connectivity index (χ4n) is 3.95. The molecule has 0 amide bonds. The number of hydrogen-bond donors (Lipinski definition) is 2. The first-order valence-electron chi connectivity index (χ1n) is 10.4. The van der Waals surface area contributed by atoms with E-state index in [-0.39, 0.29) is 17.4 Å². The molecule has 0 radical (unpaired) electrons. The molecule has 3 heterocycles. The van der Waals surface area contributed by atoms with Gasteiger partial charge in [0.25, 0.3) is 5.56 Å². The zero-order valence-electron chi connectivity index (χ0n) is 18.2. The summed E-state index contributed by atoms with van der Waals surface area (Å²) in [6, 6.07) is 12.7. The van der Waals surface area contributed by atoms with Crippen molar-refractivity contribution in [3.8, 4) is 0 Å². The van der Waals surface area contributed by atoms with Gasteiger partial charge < -0.3 is 18.9 Å². The molecule has 1 unspecified atom stereocenters. The van der Waals surface area contributed by atoms with Crippen molar-refractivity contribution in [1.82, 2.24) is 14.5 Å². The van der Waals surface area contributed by atoms with E-state index < -0.39 is 0 Å². The van der Waals surface area contributed by atoms with E-state index in [1.807, 2.05) is 64.2 Å². The second-order valence-corrected chi connectivity index (χ2v) is 8.09. The molecule has 1 aromatic carbocycles. The van der Waals surface area contributed by atoms with Gasteiger partial charge in [0.15, 0.2) is 5.82 Å². The molecule has 31 heavy (non-hydrogen) atoms. The summed E-state index contributed by atoms with van der Waals surface area (Å²) in [5, 5.41) is 0.567. The summed E-state index contributed by atoms with van der Waals surface area (Å²) in [6.07, 6.45) is 1.65. The van der Waals surface area contributed by atoms with E-state index in [0.29, 0.717) is 29.8 Å². The van der Waals surface area contributed by atoms with Crippen LogP contribution in [-0.2, 0) is 13.1 Å². The molecule has 0 saturated carbocycles. The van der Waals surface area contributed by atoms with Crippen molar-refractivity contribution in [3.05, 3.63) is 87.6 Å². The Bertz CT molecular complexity index is 1280. The molecule has 2 N–H and O–H groups in total. The van der Waals surface area contributed by atoms with Gasteiger partial charge in [-0.25, -0.2) is 4.98 Å². The van der Waals surface area contributed by atoms with Gasteiger partial charge in [-0.15, -0.1) is 0 Å². The first-order chi connectivity index (χ1) is 14.8. The highest BCUT2D eigenvalue weighted by molar-refractivity contribution is 6.00. The molecule has 0 bridgehead atoms. The fourth-order valence-corrected chi connectivity index (χ4v) is 3.95. The van der Waals surface area contributed by atoms with E-state index in [0.717, 1.165) is 27.6 Å². The second-order valence-electron chi connectivity index (χ2n) is 8.09. The highest BCUT2D eigenvalue weighted by Gasteiger charge is 2.27. The lowest BCUT2D eigenvalue weighted by Crippen LogP contribution is -3.12. The Labute approximate surface area is 180 Å². The number of furan rings is 1. The van der Waals surface area contributed by atoms with Crippen LogP contribution in [0.1, 0.15) is 40.3 Å². The summed E-state index contributed by atoms with van der Waals surface area (Å²) in [4.78, 5) is 34.0. The SMILES string of the molecule is Cc1cc(C(=O)[C@@H](C)[NH+](C)Cc2nc3ccccc3c(=O)[nH]2)c(C)n1Cc1ccco1. The summed E-state index contributed by atoms with van der Waals surface area (Å²) in [5.74, 6) is 1.49. The van der Waals surface area contributed by atoms with Crippen molar-refractivity contribution in [2.75, 3.05) is 7.05 Å². The number of fused-ring (bicyclic) bond motifs is 1. The van der Waals surface area contributed by atoms with Gasteiger partial charge in [-0.05, 0) is 51.1 Å². The molecular formula is C24H27N4O3+. The number of para-hydroxylation sites is 1. The molecule has 0 saturated heterocycles. The van der Waals surface area contributed by atoms with Gasteiger partial charge >= 0.3 is 0 Å². The molecule has 0 aliphatic rings. The molecule has 7 heteroatoms. The van der Waals surface area contributed by atoms with Gasteiger partial charge in [-0.1, -0.05) is 12.1 Å². The maximum absolute atomic E-state index is 13.3. The van der Waals surface area contributed by atoms with Crippen LogP contribution in [0.3, 0.4) is 0 Å². The van der Waals surface area contributed by atoms with Gasteiger partial charge in [-0.3, -0.25) is 9.59 Å². The topological polar surface area (TPSA) is 85.3 Å². The highest BCUT2D eigenvalue weighted by Crippen LogP contribution is 2.18. The van der Waals surface area contributed by atoms with Crippen LogP contribution in [0.4, 0.5) is 0 Å². The standard InChI is InChI=1S/C24H26N4O3/c1-15-12-20(16(2)28(15)13-18-8-7-11-31-18)23(29)17(3)27(4)14-22-25-21-10-6-5-9-19(21)24(30)26-22/h5-12,17H,13-14H2,1-4H3,(H,25,26,30)/p+1/t17-/m1/s1. The van der Waals surface area contributed by atoms with Crippen molar-refractivity contribution in [3.63, 3.8) is 0 Å². The minimum atomic E-state index is -0.297. The van der Waals surface area contributed by atoms with E-state index >= 15 is 0 Å². The van der Waals surface area contributed by atoms with Crippen molar-refractivity contribution >= 4 is 16.7 Å². The Balaban J connectivity index is 1.53. The van der Waals surface area contributed by atoms with Gasteiger partial charge in [0, 0.05) is 17.0 Å². The third kappa shape index (κ3) is 4.09. The van der Waals surface area contributed by atoms with E-state index in [1.165, 1.54) is 0 Å². The third-order valence-corrected chi connectivity index (χ3v) is 5.97. The smallest absolute Gasteiger partial charge is 0.258 e. The maximum Gasteiger partial charge on any atom is 0.258 e. The van der Waals surface area contributed by atoms with Crippen LogP contribution in [0.2, 0.25) is 0 Å². The van der Waals surface area contributed by atoms with Crippen LogP contribution in [0.5, 0.6) is 0 Å².